The van der Waals surface area contributed by atoms with Crippen molar-refractivity contribution in [2.24, 2.45) is 5.92 Å². The van der Waals surface area contributed by atoms with Gasteiger partial charge in [-0.05, 0) is 36.6 Å². The summed E-state index contributed by atoms with van der Waals surface area (Å²) in [6.07, 6.45) is 3.32. The summed E-state index contributed by atoms with van der Waals surface area (Å²) < 4.78 is 5.44. The van der Waals surface area contributed by atoms with Gasteiger partial charge in [-0.3, -0.25) is 0 Å². The number of aryl methyl sites for hydroxylation is 1. The first kappa shape index (κ1) is 10.5. The Kier molecular flexibility index (Phi) is 3.85. The topological polar surface area (TPSA) is 9.23 Å². The number of hydrogen-bond acceptors (Lipinski definition) is 2. The molecule has 1 fully saturated rings. The minimum atomic E-state index is 0.323. The molecule has 1 aliphatic heterocycles. The predicted octanol–water partition coefficient (Wildman–Crippen LogP) is 3.32. The molecule has 14 heavy (non-hydrogen) atoms. The molecule has 0 radical (unpaired) electrons. The second kappa shape index (κ2) is 5.15. The molecular formula is C11H15ClOS. The molecule has 0 amide bonds. The van der Waals surface area contributed by atoms with E-state index in [0.717, 1.165) is 32.5 Å². The molecule has 3 heteroatoms. The summed E-state index contributed by atoms with van der Waals surface area (Å²) in [7, 11) is 0. The predicted molar refractivity (Wildman–Crippen MR) is 61.2 cm³/mol. The van der Waals surface area contributed by atoms with Gasteiger partial charge in [-0.15, -0.1) is 22.9 Å². The molecule has 2 unspecified atom stereocenters. The molecule has 0 saturated carbocycles. The highest BCUT2D eigenvalue weighted by molar-refractivity contribution is 7.09. The highest BCUT2D eigenvalue weighted by Crippen LogP contribution is 2.25. The third-order valence-corrected chi connectivity index (χ3v) is 4.23. The monoisotopic (exact) mass is 230 g/mol. The van der Waals surface area contributed by atoms with E-state index in [9.17, 15) is 0 Å². The van der Waals surface area contributed by atoms with E-state index in [2.05, 4.69) is 17.5 Å². The van der Waals surface area contributed by atoms with Crippen molar-refractivity contribution in [1.29, 1.82) is 0 Å². The summed E-state index contributed by atoms with van der Waals surface area (Å²) in [6, 6.07) is 4.30. The standard InChI is InChI=1S/C11H15ClOS/c12-11-5-6-13-8-9(11)3-4-10-2-1-7-14-10/h1-2,7,9,11H,3-6,8H2. The molecule has 1 saturated heterocycles. The number of ether oxygens (including phenoxy) is 1. The molecule has 2 rings (SSSR count). The zero-order valence-corrected chi connectivity index (χ0v) is 9.69. The van der Waals surface area contributed by atoms with Gasteiger partial charge in [0.05, 0.1) is 6.61 Å². The van der Waals surface area contributed by atoms with Gasteiger partial charge in [0, 0.05) is 16.9 Å². The van der Waals surface area contributed by atoms with Crippen molar-refractivity contribution in [2.75, 3.05) is 13.2 Å². The SMILES string of the molecule is ClC1CCOCC1CCc1cccs1. The molecule has 1 aromatic rings. The number of thiophene rings is 1. The molecule has 0 aromatic carbocycles. The zero-order chi connectivity index (χ0) is 9.80. The average Bonchev–Trinajstić information content (AvgIpc) is 2.69. The normalized spacial score (nSPS) is 27.8. The second-order valence-electron chi connectivity index (χ2n) is 3.76. The van der Waals surface area contributed by atoms with Crippen LogP contribution in [0.25, 0.3) is 0 Å². The van der Waals surface area contributed by atoms with E-state index in [1.807, 2.05) is 11.3 Å². The first-order valence-corrected chi connectivity index (χ1v) is 6.42. The van der Waals surface area contributed by atoms with E-state index >= 15 is 0 Å². The lowest BCUT2D eigenvalue weighted by Gasteiger charge is -2.26. The van der Waals surface area contributed by atoms with Crippen molar-refractivity contribution in [2.45, 2.75) is 24.6 Å². The minimum Gasteiger partial charge on any atom is -0.381 e. The van der Waals surface area contributed by atoms with Gasteiger partial charge < -0.3 is 4.74 Å². The quantitative estimate of drug-likeness (QED) is 0.724. The van der Waals surface area contributed by atoms with E-state index in [1.165, 1.54) is 4.88 Å². The zero-order valence-electron chi connectivity index (χ0n) is 8.12. The Hall–Kier alpha value is -0.0500. The molecule has 2 heterocycles. The maximum atomic E-state index is 6.25. The van der Waals surface area contributed by atoms with E-state index in [1.54, 1.807) is 0 Å². The summed E-state index contributed by atoms with van der Waals surface area (Å²) in [5.41, 5.74) is 0. The Bertz CT molecular complexity index is 260. The smallest absolute Gasteiger partial charge is 0.0508 e. The molecule has 0 spiro atoms. The fourth-order valence-electron chi connectivity index (χ4n) is 1.82. The van der Waals surface area contributed by atoms with Crippen LogP contribution >= 0.6 is 22.9 Å². The first-order chi connectivity index (χ1) is 6.86. The lowest BCUT2D eigenvalue weighted by Crippen LogP contribution is -2.28. The summed E-state index contributed by atoms with van der Waals surface area (Å²) in [5.74, 6) is 0.549. The summed E-state index contributed by atoms with van der Waals surface area (Å²) in [5, 5.41) is 2.45. The average molecular weight is 231 g/mol. The molecule has 0 N–H and O–H groups in total. The van der Waals surface area contributed by atoms with Crippen molar-refractivity contribution in [3.05, 3.63) is 22.4 Å². The van der Waals surface area contributed by atoms with E-state index in [4.69, 9.17) is 16.3 Å². The van der Waals surface area contributed by atoms with Crippen molar-refractivity contribution >= 4 is 22.9 Å². The molecule has 0 bridgehead atoms. The number of halogens is 1. The van der Waals surface area contributed by atoms with Crippen LogP contribution in [0.3, 0.4) is 0 Å². The number of hydrogen-bond donors (Lipinski definition) is 0. The number of rotatable bonds is 3. The third kappa shape index (κ3) is 2.72. The Morgan fingerprint density at radius 3 is 3.21 bits per heavy atom. The van der Waals surface area contributed by atoms with Gasteiger partial charge >= 0.3 is 0 Å². The third-order valence-electron chi connectivity index (χ3n) is 2.72. The summed E-state index contributed by atoms with van der Waals surface area (Å²) in [6.45, 7) is 1.68. The van der Waals surface area contributed by atoms with Crippen LogP contribution in [0, 0.1) is 5.92 Å². The fraction of sp³-hybridized carbons (Fsp3) is 0.636. The van der Waals surface area contributed by atoms with Gasteiger partial charge in [0.25, 0.3) is 0 Å². The molecule has 1 aliphatic rings. The van der Waals surface area contributed by atoms with E-state index < -0.39 is 0 Å². The van der Waals surface area contributed by atoms with E-state index in [-0.39, 0.29) is 0 Å². The molecule has 1 aromatic heterocycles. The van der Waals surface area contributed by atoms with Crippen molar-refractivity contribution < 1.29 is 4.74 Å². The molecule has 1 nitrogen and oxygen atoms in total. The largest absolute Gasteiger partial charge is 0.381 e. The lowest BCUT2D eigenvalue weighted by atomic mass is 9.96. The van der Waals surface area contributed by atoms with Gasteiger partial charge in [0.2, 0.25) is 0 Å². The van der Waals surface area contributed by atoms with Crippen LogP contribution in [0.5, 0.6) is 0 Å². The van der Waals surface area contributed by atoms with Crippen LogP contribution in [0.1, 0.15) is 17.7 Å². The molecular weight excluding hydrogens is 216 g/mol. The Morgan fingerprint density at radius 1 is 1.57 bits per heavy atom. The minimum absolute atomic E-state index is 0.323. The second-order valence-corrected chi connectivity index (χ2v) is 5.35. The van der Waals surface area contributed by atoms with Gasteiger partial charge in [-0.1, -0.05) is 6.07 Å². The maximum absolute atomic E-state index is 6.25. The molecule has 0 aliphatic carbocycles. The highest BCUT2D eigenvalue weighted by atomic mass is 35.5. The summed E-state index contributed by atoms with van der Waals surface area (Å²) in [4.78, 5) is 1.46. The molecule has 78 valence electrons. The fourth-order valence-corrected chi connectivity index (χ4v) is 2.83. The van der Waals surface area contributed by atoms with Crippen LogP contribution in [0.2, 0.25) is 0 Å². The van der Waals surface area contributed by atoms with Gasteiger partial charge in [0.15, 0.2) is 0 Å². The molecule has 2 atom stereocenters. The maximum Gasteiger partial charge on any atom is 0.0508 e. The first-order valence-electron chi connectivity index (χ1n) is 5.10. The van der Waals surface area contributed by atoms with Crippen LogP contribution in [-0.4, -0.2) is 18.6 Å². The van der Waals surface area contributed by atoms with Gasteiger partial charge in [0.1, 0.15) is 0 Å². The Morgan fingerprint density at radius 2 is 2.50 bits per heavy atom. The Labute approximate surface area is 94.0 Å². The highest BCUT2D eigenvalue weighted by Gasteiger charge is 2.23. The van der Waals surface area contributed by atoms with Crippen molar-refractivity contribution in [3.63, 3.8) is 0 Å². The van der Waals surface area contributed by atoms with Crippen LogP contribution < -0.4 is 0 Å². The summed E-state index contributed by atoms with van der Waals surface area (Å²) >= 11 is 8.08. The number of alkyl halides is 1. The van der Waals surface area contributed by atoms with Crippen LogP contribution in [0.4, 0.5) is 0 Å². The lowest BCUT2D eigenvalue weighted by molar-refractivity contribution is 0.0547. The van der Waals surface area contributed by atoms with Crippen molar-refractivity contribution in [3.8, 4) is 0 Å². The van der Waals surface area contributed by atoms with Gasteiger partial charge in [-0.2, -0.15) is 0 Å². The van der Waals surface area contributed by atoms with E-state index in [0.29, 0.717) is 11.3 Å². The van der Waals surface area contributed by atoms with Crippen LogP contribution in [0.15, 0.2) is 17.5 Å². The van der Waals surface area contributed by atoms with Crippen molar-refractivity contribution in [1.82, 2.24) is 0 Å². The van der Waals surface area contributed by atoms with Crippen LogP contribution in [-0.2, 0) is 11.2 Å². The Balaban J connectivity index is 1.79. The van der Waals surface area contributed by atoms with Gasteiger partial charge in [-0.25, -0.2) is 0 Å².